The molecule has 2 atom stereocenters. The predicted octanol–water partition coefficient (Wildman–Crippen LogP) is 3.54. The predicted molar refractivity (Wildman–Crippen MR) is 66.9 cm³/mol. The lowest BCUT2D eigenvalue weighted by Crippen LogP contribution is -2.07. The van der Waals surface area contributed by atoms with Gasteiger partial charge in [0.2, 0.25) is 6.23 Å². The van der Waals surface area contributed by atoms with Crippen molar-refractivity contribution in [1.82, 2.24) is 0 Å². The molecular weight excluding hydrogens is 335 g/mol. The number of fused-ring (bicyclic) bond motifs is 1. The SMILES string of the molecule is BrBr.Cc1cc2c(o1)C(OP)N=CN2. The molecule has 0 radical (unpaired) electrons. The second kappa shape index (κ2) is 5.85. The van der Waals surface area contributed by atoms with Crippen molar-refractivity contribution in [2.45, 2.75) is 13.2 Å². The van der Waals surface area contributed by atoms with Crippen molar-refractivity contribution in [1.29, 1.82) is 0 Å². The van der Waals surface area contributed by atoms with Crippen LogP contribution < -0.4 is 5.32 Å². The normalized spacial score (nSPS) is 17.9. The van der Waals surface area contributed by atoms with E-state index in [0.717, 1.165) is 17.2 Å². The molecule has 1 N–H and O–H groups in total. The number of rotatable bonds is 1. The smallest absolute Gasteiger partial charge is 0.212 e. The minimum atomic E-state index is -0.333. The van der Waals surface area contributed by atoms with Crippen LogP contribution in [0.2, 0.25) is 0 Å². The van der Waals surface area contributed by atoms with Crippen molar-refractivity contribution in [3.05, 3.63) is 17.6 Å². The molecule has 0 amide bonds. The van der Waals surface area contributed by atoms with Gasteiger partial charge in [-0.05, 0) is 6.92 Å². The van der Waals surface area contributed by atoms with E-state index >= 15 is 0 Å². The Balaban J connectivity index is 0.000000461. The molecular formula is C7H9Br2N2O2P. The first-order valence-corrected chi connectivity index (χ1v) is 7.88. The van der Waals surface area contributed by atoms with Crippen LogP contribution in [0.25, 0.3) is 0 Å². The van der Waals surface area contributed by atoms with E-state index in [9.17, 15) is 0 Å². The van der Waals surface area contributed by atoms with Crippen LogP contribution in [0.15, 0.2) is 15.5 Å². The molecule has 0 saturated heterocycles. The van der Waals surface area contributed by atoms with Crippen molar-refractivity contribution >= 4 is 49.7 Å². The summed E-state index contributed by atoms with van der Waals surface area (Å²) >= 11 is 5.50. The van der Waals surface area contributed by atoms with Gasteiger partial charge in [-0.3, -0.25) is 0 Å². The van der Waals surface area contributed by atoms with E-state index in [0.29, 0.717) is 0 Å². The zero-order valence-corrected chi connectivity index (χ0v) is 11.7. The van der Waals surface area contributed by atoms with Gasteiger partial charge in [0.05, 0.1) is 12.0 Å². The monoisotopic (exact) mass is 342 g/mol. The summed E-state index contributed by atoms with van der Waals surface area (Å²) in [7, 11) is 2.18. The van der Waals surface area contributed by atoms with Crippen LogP contribution in [0.1, 0.15) is 17.7 Å². The van der Waals surface area contributed by atoms with Gasteiger partial charge in [-0.2, -0.15) is 0 Å². The maximum atomic E-state index is 5.39. The van der Waals surface area contributed by atoms with Crippen molar-refractivity contribution in [2.75, 3.05) is 5.32 Å². The highest BCUT2D eigenvalue weighted by Gasteiger charge is 2.21. The Morgan fingerprint density at radius 2 is 2.36 bits per heavy atom. The Bertz CT molecular complexity index is 329. The Hall–Kier alpha value is 0.1000. The fourth-order valence-electron chi connectivity index (χ4n) is 1.17. The highest BCUT2D eigenvalue weighted by molar-refractivity contribution is 9.93. The Morgan fingerprint density at radius 3 is 3.00 bits per heavy atom. The number of hydrogen-bond donors (Lipinski definition) is 1. The lowest BCUT2D eigenvalue weighted by Gasteiger charge is -2.13. The first-order valence-electron chi connectivity index (χ1n) is 3.69. The summed E-state index contributed by atoms with van der Waals surface area (Å²) in [6.07, 6.45) is 1.27. The van der Waals surface area contributed by atoms with Crippen LogP contribution in [0, 0.1) is 6.92 Å². The van der Waals surface area contributed by atoms with E-state index < -0.39 is 0 Å². The molecule has 1 aromatic rings. The minimum absolute atomic E-state index is 0.333. The number of halogens is 2. The number of nitrogens with one attached hydrogen (secondary N) is 1. The molecule has 0 bridgehead atoms. The molecule has 0 aliphatic carbocycles. The number of nitrogens with zero attached hydrogens (tertiary/aromatic N) is 1. The first-order chi connectivity index (χ1) is 6.81. The van der Waals surface area contributed by atoms with E-state index in [1.807, 2.05) is 13.0 Å². The van der Waals surface area contributed by atoms with Gasteiger partial charge in [0, 0.05) is 43.8 Å². The molecule has 2 unspecified atom stereocenters. The molecule has 4 nitrogen and oxygen atoms in total. The van der Waals surface area contributed by atoms with Gasteiger partial charge in [-0.1, -0.05) is 0 Å². The molecule has 0 spiro atoms. The van der Waals surface area contributed by atoms with Crippen LogP contribution >= 0.6 is 37.7 Å². The molecule has 7 heteroatoms. The molecule has 78 valence electrons. The van der Waals surface area contributed by atoms with Gasteiger partial charge >= 0.3 is 0 Å². The average molecular weight is 344 g/mol. The maximum absolute atomic E-state index is 5.39. The Morgan fingerprint density at radius 1 is 1.64 bits per heavy atom. The van der Waals surface area contributed by atoms with E-state index in [1.165, 1.54) is 0 Å². The van der Waals surface area contributed by atoms with Gasteiger partial charge in [-0.25, -0.2) is 4.99 Å². The van der Waals surface area contributed by atoms with Gasteiger partial charge < -0.3 is 14.3 Å². The van der Waals surface area contributed by atoms with E-state index in [1.54, 1.807) is 6.34 Å². The molecule has 1 aromatic heterocycles. The van der Waals surface area contributed by atoms with Crippen molar-refractivity contribution in [3.63, 3.8) is 0 Å². The van der Waals surface area contributed by atoms with Gasteiger partial charge in [0.15, 0.2) is 5.76 Å². The quantitative estimate of drug-likeness (QED) is 0.793. The number of hydrogen-bond acceptors (Lipinski definition) is 4. The third kappa shape index (κ3) is 2.57. The Kier molecular flexibility index (Phi) is 5.09. The van der Waals surface area contributed by atoms with Crippen LogP contribution in [0.4, 0.5) is 5.69 Å². The van der Waals surface area contributed by atoms with Gasteiger partial charge in [-0.15, -0.1) is 0 Å². The fraction of sp³-hybridized carbons (Fsp3) is 0.286. The zero-order chi connectivity index (χ0) is 10.6. The zero-order valence-electron chi connectivity index (χ0n) is 7.33. The van der Waals surface area contributed by atoms with E-state index in [-0.39, 0.29) is 6.23 Å². The van der Waals surface area contributed by atoms with E-state index in [2.05, 4.69) is 48.0 Å². The number of furan rings is 1. The summed E-state index contributed by atoms with van der Waals surface area (Å²) in [6.45, 7) is 1.89. The lowest BCUT2D eigenvalue weighted by molar-refractivity contribution is 0.218. The maximum Gasteiger partial charge on any atom is 0.212 e. The van der Waals surface area contributed by atoms with Gasteiger partial charge in [0.25, 0.3) is 0 Å². The minimum Gasteiger partial charge on any atom is -0.459 e. The Labute approximate surface area is 99.6 Å². The highest BCUT2D eigenvalue weighted by Crippen LogP contribution is 2.33. The van der Waals surface area contributed by atoms with Crippen LogP contribution in [-0.4, -0.2) is 6.34 Å². The second-order valence-electron chi connectivity index (χ2n) is 2.55. The van der Waals surface area contributed by atoms with E-state index in [4.69, 9.17) is 8.94 Å². The molecule has 0 fully saturated rings. The molecule has 14 heavy (non-hydrogen) atoms. The highest BCUT2D eigenvalue weighted by atomic mass is 80.9. The van der Waals surface area contributed by atoms with Gasteiger partial charge in [0.1, 0.15) is 5.76 Å². The summed E-state index contributed by atoms with van der Waals surface area (Å²) in [4.78, 5) is 4.03. The first kappa shape index (κ1) is 12.2. The molecule has 0 aromatic carbocycles. The summed E-state index contributed by atoms with van der Waals surface area (Å²) in [5.74, 6) is 1.58. The number of aliphatic imine (C=N–C) groups is 1. The third-order valence-electron chi connectivity index (χ3n) is 1.67. The van der Waals surface area contributed by atoms with Crippen molar-refractivity contribution in [2.24, 2.45) is 4.99 Å². The summed E-state index contributed by atoms with van der Waals surface area (Å²) in [6, 6.07) is 1.91. The average Bonchev–Trinajstić information content (AvgIpc) is 2.60. The van der Waals surface area contributed by atoms with Crippen molar-refractivity contribution in [3.8, 4) is 0 Å². The topological polar surface area (TPSA) is 46.8 Å². The van der Waals surface area contributed by atoms with Crippen LogP contribution in [0.3, 0.4) is 0 Å². The largest absolute Gasteiger partial charge is 0.459 e. The summed E-state index contributed by atoms with van der Waals surface area (Å²) in [5.41, 5.74) is 0.926. The van der Waals surface area contributed by atoms with Crippen molar-refractivity contribution < 1.29 is 8.94 Å². The van der Waals surface area contributed by atoms with Crippen LogP contribution in [0.5, 0.6) is 0 Å². The molecule has 1 aliphatic heterocycles. The van der Waals surface area contributed by atoms with Crippen LogP contribution in [-0.2, 0) is 4.52 Å². The lowest BCUT2D eigenvalue weighted by atomic mass is 10.3. The molecule has 1 aliphatic rings. The number of anilines is 1. The third-order valence-corrected chi connectivity index (χ3v) is 1.92. The standard InChI is InChI=1S/C7H9N2O2P.Br2/c1-4-2-5-6(10-4)7(11-12)9-3-8-5;1-2/h2-3,7H,12H2,1H3,(H,8,9);. The number of aryl methyl sites for hydroxylation is 1. The fourth-order valence-corrected chi connectivity index (χ4v) is 1.36. The summed E-state index contributed by atoms with van der Waals surface area (Å²) < 4.78 is 10.4. The molecule has 0 saturated carbocycles. The molecule has 2 rings (SSSR count). The second-order valence-corrected chi connectivity index (χ2v) is 2.82. The molecule has 2 heterocycles. The summed E-state index contributed by atoms with van der Waals surface area (Å²) in [5, 5.41) is 2.97.